The molecule has 3 nitrogen and oxygen atoms in total. The number of methoxy groups -OCH3 is 1. The number of para-hydroxylation sites is 1. The lowest BCUT2D eigenvalue weighted by atomic mass is 10.1. The molecule has 0 heterocycles. The minimum Gasteiger partial charge on any atom is -0.396 e. The van der Waals surface area contributed by atoms with Gasteiger partial charge in [0.2, 0.25) is 0 Å². The van der Waals surface area contributed by atoms with Crippen LogP contribution in [-0.4, -0.2) is 19.5 Å². The summed E-state index contributed by atoms with van der Waals surface area (Å²) in [7, 11) is 1.40. The number of anilines is 1. The van der Waals surface area contributed by atoms with Crippen LogP contribution in [0.3, 0.4) is 0 Å². The molecule has 0 saturated heterocycles. The first-order valence-electron chi connectivity index (χ1n) is 3.73. The van der Waals surface area contributed by atoms with Crippen LogP contribution in [0.1, 0.15) is 10.4 Å². The van der Waals surface area contributed by atoms with Crippen molar-refractivity contribution < 1.29 is 13.9 Å². The molecular weight excluding hydrogens is 173 g/mol. The number of ether oxygens (including phenoxy) is 1. The highest BCUT2D eigenvalue weighted by atomic mass is 19.1. The van der Waals surface area contributed by atoms with Crippen molar-refractivity contribution in [1.29, 1.82) is 0 Å². The predicted octanol–water partition coefficient (Wildman–Crippen LogP) is 1.24. The number of ketones is 1. The average Bonchev–Trinajstić information content (AvgIpc) is 2.10. The zero-order chi connectivity index (χ0) is 9.84. The molecule has 1 aromatic rings. The number of Topliss-reactive ketones (excluding diaryl/α,β-unsaturated/α-hetero) is 1. The van der Waals surface area contributed by atoms with Crippen LogP contribution in [0.15, 0.2) is 18.2 Å². The van der Waals surface area contributed by atoms with Gasteiger partial charge in [-0.2, -0.15) is 0 Å². The number of hydrogen-bond acceptors (Lipinski definition) is 3. The van der Waals surface area contributed by atoms with E-state index in [9.17, 15) is 9.18 Å². The lowest BCUT2D eigenvalue weighted by Crippen LogP contribution is -2.10. The molecule has 1 rings (SSSR count). The van der Waals surface area contributed by atoms with Gasteiger partial charge in [-0.15, -0.1) is 0 Å². The zero-order valence-electron chi connectivity index (χ0n) is 7.21. The Labute approximate surface area is 75.3 Å². The average molecular weight is 183 g/mol. The summed E-state index contributed by atoms with van der Waals surface area (Å²) in [5.74, 6) is -0.901. The zero-order valence-corrected chi connectivity index (χ0v) is 7.21. The summed E-state index contributed by atoms with van der Waals surface area (Å²) in [6, 6.07) is 4.12. The van der Waals surface area contributed by atoms with Crippen LogP contribution < -0.4 is 5.73 Å². The van der Waals surface area contributed by atoms with Gasteiger partial charge < -0.3 is 10.5 Å². The Balaban J connectivity index is 3.01. The van der Waals surface area contributed by atoms with Crippen molar-refractivity contribution in [2.75, 3.05) is 19.5 Å². The van der Waals surface area contributed by atoms with E-state index in [2.05, 4.69) is 4.74 Å². The first-order chi connectivity index (χ1) is 6.16. The summed E-state index contributed by atoms with van der Waals surface area (Å²) in [4.78, 5) is 11.2. The Morgan fingerprint density at radius 2 is 2.31 bits per heavy atom. The highest BCUT2D eigenvalue weighted by Gasteiger charge is 2.11. The first-order valence-corrected chi connectivity index (χ1v) is 3.73. The fourth-order valence-electron chi connectivity index (χ4n) is 0.989. The molecule has 2 N–H and O–H groups in total. The number of rotatable bonds is 3. The summed E-state index contributed by atoms with van der Waals surface area (Å²) in [5.41, 5.74) is 5.41. The van der Waals surface area contributed by atoms with Gasteiger partial charge >= 0.3 is 0 Å². The molecule has 0 bridgehead atoms. The molecule has 0 unspecified atom stereocenters. The van der Waals surface area contributed by atoms with Crippen LogP contribution in [0.4, 0.5) is 10.1 Å². The summed E-state index contributed by atoms with van der Waals surface area (Å²) in [6.45, 7) is -0.0896. The predicted molar refractivity (Wildman–Crippen MR) is 47.0 cm³/mol. The first kappa shape index (κ1) is 9.67. The van der Waals surface area contributed by atoms with Gasteiger partial charge in [-0.3, -0.25) is 4.79 Å². The number of hydrogen-bond donors (Lipinski definition) is 1. The molecule has 70 valence electrons. The van der Waals surface area contributed by atoms with Crippen molar-refractivity contribution in [3.63, 3.8) is 0 Å². The molecule has 0 amide bonds. The third-order valence-electron chi connectivity index (χ3n) is 1.63. The highest BCUT2D eigenvalue weighted by Crippen LogP contribution is 2.16. The molecule has 0 fully saturated rings. The molecule has 0 aliphatic rings. The number of carbonyl (C=O) groups is 1. The minimum absolute atomic E-state index is 0.0896. The largest absolute Gasteiger partial charge is 0.396 e. The molecule has 1 aromatic carbocycles. The second kappa shape index (κ2) is 4.00. The lowest BCUT2D eigenvalue weighted by molar-refractivity contribution is 0.0848. The quantitative estimate of drug-likeness (QED) is 0.566. The van der Waals surface area contributed by atoms with Crippen molar-refractivity contribution in [1.82, 2.24) is 0 Å². The van der Waals surface area contributed by atoms with E-state index in [0.29, 0.717) is 0 Å². The minimum atomic E-state index is -0.582. The van der Waals surface area contributed by atoms with E-state index in [0.717, 1.165) is 0 Å². The van der Waals surface area contributed by atoms with Gasteiger partial charge in [0.05, 0.1) is 5.69 Å². The standard InChI is InChI=1S/C9H10FNO2/c1-13-5-8(12)6-3-2-4-7(10)9(6)11/h2-4H,5,11H2,1H3. The summed E-state index contributed by atoms with van der Waals surface area (Å²) >= 11 is 0. The van der Waals surface area contributed by atoms with Gasteiger partial charge in [0.1, 0.15) is 12.4 Å². The number of halogens is 1. The molecule has 0 aromatic heterocycles. The number of nitrogens with two attached hydrogens (primary N) is 1. The molecule has 0 atom stereocenters. The Morgan fingerprint density at radius 3 is 2.92 bits per heavy atom. The molecule has 4 heteroatoms. The van der Waals surface area contributed by atoms with Crippen molar-refractivity contribution in [3.05, 3.63) is 29.6 Å². The van der Waals surface area contributed by atoms with Crippen LogP contribution in [0.5, 0.6) is 0 Å². The van der Waals surface area contributed by atoms with E-state index in [4.69, 9.17) is 5.73 Å². The summed E-state index contributed by atoms with van der Waals surface area (Å²) < 4.78 is 17.5. The number of nitrogen functional groups attached to an aromatic ring is 1. The van der Waals surface area contributed by atoms with Crippen molar-refractivity contribution in [2.24, 2.45) is 0 Å². The molecule has 0 aliphatic carbocycles. The van der Waals surface area contributed by atoms with Crippen LogP contribution in [0.2, 0.25) is 0 Å². The Kier molecular flexibility index (Phi) is 2.97. The van der Waals surface area contributed by atoms with Crippen molar-refractivity contribution in [3.8, 4) is 0 Å². The smallest absolute Gasteiger partial charge is 0.190 e. The molecule has 0 aliphatic heterocycles. The topological polar surface area (TPSA) is 52.3 Å². The Bertz CT molecular complexity index is 325. The molecule has 0 saturated carbocycles. The van der Waals surface area contributed by atoms with Gasteiger partial charge in [-0.1, -0.05) is 6.07 Å². The number of carbonyl (C=O) groups excluding carboxylic acids is 1. The molecule has 0 spiro atoms. The lowest BCUT2D eigenvalue weighted by Gasteiger charge is -2.03. The van der Waals surface area contributed by atoms with E-state index in [1.165, 1.54) is 25.3 Å². The number of benzene rings is 1. The van der Waals surface area contributed by atoms with E-state index in [1.807, 2.05) is 0 Å². The normalized spacial score (nSPS) is 10.0. The summed E-state index contributed by atoms with van der Waals surface area (Å²) in [5, 5.41) is 0. The van der Waals surface area contributed by atoms with Crippen molar-refractivity contribution in [2.45, 2.75) is 0 Å². The molecule has 13 heavy (non-hydrogen) atoms. The van der Waals surface area contributed by atoms with E-state index >= 15 is 0 Å². The molecule has 0 radical (unpaired) electrons. The monoisotopic (exact) mass is 183 g/mol. The second-order valence-corrected chi connectivity index (χ2v) is 2.56. The third-order valence-corrected chi connectivity index (χ3v) is 1.63. The van der Waals surface area contributed by atoms with E-state index in [-0.39, 0.29) is 23.6 Å². The third kappa shape index (κ3) is 2.03. The maximum atomic E-state index is 12.9. The van der Waals surface area contributed by atoms with E-state index < -0.39 is 5.82 Å². The van der Waals surface area contributed by atoms with Crippen LogP contribution in [0, 0.1) is 5.82 Å². The van der Waals surface area contributed by atoms with Gasteiger partial charge in [0, 0.05) is 12.7 Å². The molecular formula is C9H10FNO2. The van der Waals surface area contributed by atoms with Gasteiger partial charge in [0.25, 0.3) is 0 Å². The van der Waals surface area contributed by atoms with E-state index in [1.54, 1.807) is 0 Å². The summed E-state index contributed by atoms with van der Waals surface area (Å²) in [6.07, 6.45) is 0. The Hall–Kier alpha value is -1.42. The maximum Gasteiger partial charge on any atom is 0.190 e. The van der Waals surface area contributed by atoms with Gasteiger partial charge in [0.15, 0.2) is 5.78 Å². The van der Waals surface area contributed by atoms with Crippen LogP contribution in [0.25, 0.3) is 0 Å². The van der Waals surface area contributed by atoms with Crippen LogP contribution in [-0.2, 0) is 4.74 Å². The fourth-order valence-corrected chi connectivity index (χ4v) is 0.989. The van der Waals surface area contributed by atoms with Gasteiger partial charge in [-0.05, 0) is 12.1 Å². The van der Waals surface area contributed by atoms with Crippen LogP contribution >= 0.6 is 0 Å². The highest BCUT2D eigenvalue weighted by molar-refractivity contribution is 6.01. The van der Waals surface area contributed by atoms with Crippen molar-refractivity contribution >= 4 is 11.5 Å². The fraction of sp³-hybridized carbons (Fsp3) is 0.222. The Morgan fingerprint density at radius 1 is 1.62 bits per heavy atom. The second-order valence-electron chi connectivity index (χ2n) is 2.56. The van der Waals surface area contributed by atoms with Gasteiger partial charge in [-0.25, -0.2) is 4.39 Å². The SMILES string of the molecule is COCC(=O)c1cccc(F)c1N. The maximum absolute atomic E-state index is 12.9.